The van der Waals surface area contributed by atoms with Crippen LogP contribution in [0.3, 0.4) is 0 Å². The molecular formula is C28H35N4O3S+. The third kappa shape index (κ3) is 4.40. The molecule has 0 N–H and O–H groups in total. The van der Waals surface area contributed by atoms with Crippen molar-refractivity contribution in [1.29, 1.82) is 0 Å². The standard InChI is InChI=1S/C28H35N4O3S/c1-28(24-11-8-18-36-24,31-14-6-3-7-15-31)27(33)34-23-19-32(16-12-21(23)13-17-32)20-25-29-26(35-30-25)22-9-4-2-5-10-22/h2,4-5,8-11,18,21,23H,3,6-7,12-17,19-20H2,1H3/q+1/t21?,23-,28?,32?/m0/s1. The van der Waals surface area contributed by atoms with Crippen LogP contribution in [0.1, 0.15) is 49.7 Å². The number of rotatable bonds is 7. The zero-order chi connectivity index (χ0) is 24.6. The summed E-state index contributed by atoms with van der Waals surface area (Å²) < 4.78 is 12.9. The molecule has 0 aliphatic carbocycles. The van der Waals surface area contributed by atoms with Gasteiger partial charge in [-0.25, -0.2) is 4.79 Å². The Morgan fingerprint density at radius 1 is 1.14 bits per heavy atom. The molecule has 0 spiro atoms. The van der Waals surface area contributed by atoms with Crippen LogP contribution in [0.15, 0.2) is 52.4 Å². The van der Waals surface area contributed by atoms with Crippen LogP contribution in [0.25, 0.3) is 11.5 Å². The van der Waals surface area contributed by atoms with Crippen molar-refractivity contribution in [2.24, 2.45) is 5.92 Å². The van der Waals surface area contributed by atoms with Crippen molar-refractivity contribution >= 4 is 17.3 Å². The number of ether oxygens (including phenoxy) is 1. The van der Waals surface area contributed by atoms with Gasteiger partial charge in [-0.05, 0) is 56.4 Å². The van der Waals surface area contributed by atoms with Crippen molar-refractivity contribution < 1.29 is 18.5 Å². The molecule has 0 amide bonds. The third-order valence-corrected chi connectivity index (χ3v) is 9.73. The summed E-state index contributed by atoms with van der Waals surface area (Å²) in [5.74, 6) is 1.64. The Kier molecular flexibility index (Phi) is 6.44. The van der Waals surface area contributed by atoms with Gasteiger partial charge >= 0.3 is 5.97 Å². The lowest BCUT2D eigenvalue weighted by atomic mass is 9.83. The maximum atomic E-state index is 13.9. The van der Waals surface area contributed by atoms with Crippen molar-refractivity contribution in [2.45, 2.75) is 57.2 Å². The summed E-state index contributed by atoms with van der Waals surface area (Å²) in [6.07, 6.45) is 5.58. The van der Waals surface area contributed by atoms with Crippen LogP contribution in [-0.4, -0.2) is 64.3 Å². The van der Waals surface area contributed by atoms with Gasteiger partial charge in [-0.1, -0.05) is 35.8 Å². The monoisotopic (exact) mass is 507 g/mol. The first-order valence-corrected chi connectivity index (χ1v) is 14.2. The Bertz CT molecular complexity index is 1170. The number of benzene rings is 1. The number of nitrogens with zero attached hydrogens (tertiary/aromatic N) is 4. The van der Waals surface area contributed by atoms with E-state index in [9.17, 15) is 4.79 Å². The van der Waals surface area contributed by atoms with Crippen LogP contribution in [0.2, 0.25) is 0 Å². The highest BCUT2D eigenvalue weighted by Gasteiger charge is 2.51. The molecule has 4 saturated heterocycles. The summed E-state index contributed by atoms with van der Waals surface area (Å²) in [7, 11) is 0. The Balaban J connectivity index is 1.19. The molecule has 1 unspecified atom stereocenters. The summed E-state index contributed by atoms with van der Waals surface area (Å²) >= 11 is 1.66. The molecule has 7 rings (SSSR count). The fourth-order valence-electron chi connectivity index (χ4n) is 6.43. The molecule has 7 nitrogen and oxygen atoms in total. The van der Waals surface area contributed by atoms with E-state index in [4.69, 9.17) is 14.2 Å². The molecule has 8 heteroatoms. The number of esters is 1. The van der Waals surface area contributed by atoms with E-state index in [1.54, 1.807) is 11.3 Å². The highest BCUT2D eigenvalue weighted by Crippen LogP contribution is 2.40. The molecule has 190 valence electrons. The van der Waals surface area contributed by atoms with Crippen LogP contribution < -0.4 is 0 Å². The number of hydrogen-bond donors (Lipinski definition) is 0. The van der Waals surface area contributed by atoms with Crippen molar-refractivity contribution in [1.82, 2.24) is 15.0 Å². The predicted molar refractivity (Wildman–Crippen MR) is 138 cm³/mol. The van der Waals surface area contributed by atoms with Gasteiger partial charge in [0.15, 0.2) is 11.6 Å². The first-order valence-electron chi connectivity index (χ1n) is 13.3. The minimum Gasteiger partial charge on any atom is -0.454 e. The Morgan fingerprint density at radius 3 is 2.64 bits per heavy atom. The zero-order valence-electron chi connectivity index (χ0n) is 21.0. The highest BCUT2D eigenvalue weighted by atomic mass is 32.1. The number of carbonyl (C=O) groups excluding carboxylic acids is 1. The first kappa shape index (κ1) is 23.8. The maximum Gasteiger partial charge on any atom is 0.332 e. The van der Waals surface area contributed by atoms with Crippen LogP contribution in [0.4, 0.5) is 0 Å². The number of carbonyl (C=O) groups is 1. The van der Waals surface area contributed by atoms with Gasteiger partial charge in [0, 0.05) is 29.2 Å². The minimum atomic E-state index is -0.719. The van der Waals surface area contributed by atoms with E-state index in [1.807, 2.05) is 36.4 Å². The molecule has 4 aliphatic rings. The van der Waals surface area contributed by atoms with Crippen molar-refractivity contribution in [3.8, 4) is 11.5 Å². The molecule has 36 heavy (non-hydrogen) atoms. The van der Waals surface area contributed by atoms with Crippen LogP contribution in [-0.2, 0) is 21.6 Å². The lowest BCUT2D eigenvalue weighted by molar-refractivity contribution is -0.958. The molecule has 0 radical (unpaired) electrons. The number of fused-ring (bicyclic) bond motifs is 3. The van der Waals surface area contributed by atoms with Crippen LogP contribution in [0, 0.1) is 5.92 Å². The summed E-state index contributed by atoms with van der Waals surface area (Å²) in [5, 5.41) is 6.37. The zero-order valence-corrected chi connectivity index (χ0v) is 21.8. The summed E-state index contributed by atoms with van der Waals surface area (Å²) in [6, 6.07) is 14.0. The van der Waals surface area contributed by atoms with Crippen molar-refractivity contribution in [3.05, 3.63) is 58.5 Å². The third-order valence-electron chi connectivity index (χ3n) is 8.65. The number of piperidine rings is 4. The Hall–Kier alpha value is -2.55. The molecule has 2 atom stereocenters. The molecule has 0 saturated carbocycles. The van der Waals surface area contributed by atoms with Gasteiger partial charge in [-0.3, -0.25) is 4.90 Å². The molecule has 2 bridgehead atoms. The number of aromatic nitrogens is 2. The Morgan fingerprint density at radius 2 is 1.92 bits per heavy atom. The van der Waals surface area contributed by atoms with E-state index < -0.39 is 5.54 Å². The van der Waals surface area contributed by atoms with Gasteiger partial charge in [0.1, 0.15) is 13.1 Å². The molecule has 3 aromatic rings. The molecule has 4 fully saturated rings. The van der Waals surface area contributed by atoms with E-state index in [1.165, 1.54) is 6.42 Å². The van der Waals surface area contributed by atoms with Gasteiger partial charge in [-0.15, -0.1) is 11.3 Å². The molecule has 2 aromatic heterocycles. The average Bonchev–Trinajstić information content (AvgIpc) is 3.63. The molecule has 6 heterocycles. The van der Waals surface area contributed by atoms with E-state index in [2.05, 4.69) is 28.4 Å². The average molecular weight is 508 g/mol. The number of likely N-dealkylation sites (tertiary alicyclic amines) is 1. The van der Waals surface area contributed by atoms with E-state index in [-0.39, 0.29) is 12.1 Å². The van der Waals surface area contributed by atoms with Crippen LogP contribution in [0.5, 0.6) is 0 Å². The predicted octanol–water partition coefficient (Wildman–Crippen LogP) is 4.85. The van der Waals surface area contributed by atoms with Crippen LogP contribution >= 0.6 is 11.3 Å². The Labute approximate surface area is 216 Å². The topological polar surface area (TPSA) is 68.5 Å². The quantitative estimate of drug-likeness (QED) is 0.336. The SMILES string of the molecule is CC(C(=O)O[C@H]1C[N+]2(Cc3noc(-c4ccccc4)n3)CCC1CC2)(c1cccs1)N1CCCCC1. The van der Waals surface area contributed by atoms with Gasteiger partial charge in [0.25, 0.3) is 5.89 Å². The second-order valence-electron chi connectivity index (χ2n) is 10.9. The number of hydrogen-bond acceptors (Lipinski definition) is 7. The summed E-state index contributed by atoms with van der Waals surface area (Å²) in [5.41, 5.74) is 0.218. The molecular weight excluding hydrogens is 472 g/mol. The fourth-order valence-corrected chi connectivity index (χ4v) is 7.33. The lowest BCUT2D eigenvalue weighted by Gasteiger charge is -2.52. The smallest absolute Gasteiger partial charge is 0.332 e. The highest BCUT2D eigenvalue weighted by molar-refractivity contribution is 7.10. The second kappa shape index (κ2) is 9.72. The van der Waals surface area contributed by atoms with Crippen molar-refractivity contribution in [2.75, 3.05) is 32.7 Å². The van der Waals surface area contributed by atoms with E-state index >= 15 is 0 Å². The minimum absolute atomic E-state index is 0.0652. The second-order valence-corrected chi connectivity index (χ2v) is 11.8. The number of quaternary nitrogens is 1. The van der Waals surface area contributed by atoms with Crippen molar-refractivity contribution in [3.63, 3.8) is 0 Å². The van der Waals surface area contributed by atoms with E-state index in [0.717, 1.165) is 79.2 Å². The normalized spacial score (nSPS) is 28.0. The first-order chi connectivity index (χ1) is 17.6. The lowest BCUT2D eigenvalue weighted by Crippen LogP contribution is -2.64. The van der Waals surface area contributed by atoms with E-state index in [0.29, 0.717) is 18.4 Å². The van der Waals surface area contributed by atoms with Gasteiger partial charge in [0.2, 0.25) is 5.82 Å². The van der Waals surface area contributed by atoms with Gasteiger partial charge < -0.3 is 13.7 Å². The summed E-state index contributed by atoms with van der Waals surface area (Å²) in [6.45, 7) is 7.64. The largest absolute Gasteiger partial charge is 0.454 e. The maximum absolute atomic E-state index is 13.9. The molecule has 4 aliphatic heterocycles. The number of thiophene rings is 1. The summed E-state index contributed by atoms with van der Waals surface area (Å²) in [4.78, 5) is 22.1. The fraction of sp³-hybridized carbons (Fsp3) is 0.536. The van der Waals surface area contributed by atoms with Gasteiger partial charge in [-0.2, -0.15) is 4.98 Å². The van der Waals surface area contributed by atoms with Gasteiger partial charge in [0.05, 0.1) is 13.1 Å². The molecule has 1 aromatic carbocycles.